The molecule has 0 amide bonds. The highest BCUT2D eigenvalue weighted by molar-refractivity contribution is 5.28. The van der Waals surface area contributed by atoms with E-state index >= 15 is 0 Å². The minimum atomic E-state index is -0.411. The first-order chi connectivity index (χ1) is 12.2. The summed E-state index contributed by atoms with van der Waals surface area (Å²) in [4.78, 5) is 2.73. The number of benzene rings is 1. The second-order valence-corrected chi connectivity index (χ2v) is 8.62. The molecule has 3 atom stereocenters. The lowest BCUT2D eigenvalue weighted by Gasteiger charge is -2.53. The Hall–Kier alpha value is -1.06. The molecule has 2 saturated carbocycles. The molecule has 1 aromatic carbocycles. The van der Waals surface area contributed by atoms with Crippen LogP contribution in [0.2, 0.25) is 0 Å². The van der Waals surface area contributed by atoms with Crippen molar-refractivity contribution in [2.24, 2.45) is 11.8 Å². The number of aliphatic hydroxyl groups is 1. The molecular formula is C22H33NO2. The fourth-order valence-corrected chi connectivity index (χ4v) is 5.38. The van der Waals surface area contributed by atoms with Gasteiger partial charge in [0.1, 0.15) is 5.75 Å². The molecule has 2 aliphatic carbocycles. The fraction of sp³-hybridized carbons (Fsp3) is 0.727. The summed E-state index contributed by atoms with van der Waals surface area (Å²) in [5, 5.41) is 11.3. The third kappa shape index (κ3) is 3.59. The summed E-state index contributed by atoms with van der Waals surface area (Å²) in [5.41, 5.74) is 0.963. The summed E-state index contributed by atoms with van der Waals surface area (Å²) < 4.78 is 5.31. The van der Waals surface area contributed by atoms with Gasteiger partial charge >= 0.3 is 0 Å². The number of hydrogen-bond donors (Lipinski definition) is 1. The largest absolute Gasteiger partial charge is 0.497 e. The average Bonchev–Trinajstić information content (AvgIpc) is 2.60. The van der Waals surface area contributed by atoms with Crippen LogP contribution in [0, 0.1) is 11.8 Å². The SMILES string of the molecule is COc1ccc(C[C@H]2C3CCCC[C@]3(O)CCN2CC2CCC2)cc1. The van der Waals surface area contributed by atoms with Gasteiger partial charge < -0.3 is 9.84 Å². The van der Waals surface area contributed by atoms with E-state index in [1.165, 1.54) is 50.6 Å². The lowest BCUT2D eigenvalue weighted by atomic mass is 9.66. The van der Waals surface area contributed by atoms with Crippen LogP contribution in [0.1, 0.15) is 56.9 Å². The Morgan fingerprint density at radius 3 is 2.56 bits per heavy atom. The minimum absolute atomic E-state index is 0.411. The maximum Gasteiger partial charge on any atom is 0.118 e. The molecule has 0 spiro atoms. The van der Waals surface area contributed by atoms with Crippen LogP contribution >= 0.6 is 0 Å². The third-order valence-corrected chi connectivity index (χ3v) is 7.15. The Labute approximate surface area is 152 Å². The van der Waals surface area contributed by atoms with E-state index in [4.69, 9.17) is 4.74 Å². The highest BCUT2D eigenvalue weighted by atomic mass is 16.5. The number of methoxy groups -OCH3 is 1. The highest BCUT2D eigenvalue weighted by Crippen LogP contribution is 2.45. The Bertz CT molecular complexity index is 568. The third-order valence-electron chi connectivity index (χ3n) is 7.15. The zero-order valence-electron chi connectivity index (χ0n) is 15.6. The van der Waals surface area contributed by atoms with Gasteiger partial charge in [-0.15, -0.1) is 0 Å². The van der Waals surface area contributed by atoms with Crippen molar-refractivity contribution in [1.82, 2.24) is 4.90 Å². The van der Waals surface area contributed by atoms with E-state index < -0.39 is 5.60 Å². The molecule has 138 valence electrons. The van der Waals surface area contributed by atoms with Gasteiger partial charge in [-0.1, -0.05) is 31.4 Å². The number of piperidine rings is 1. The quantitative estimate of drug-likeness (QED) is 0.876. The Kier molecular flexibility index (Phi) is 5.06. The topological polar surface area (TPSA) is 32.7 Å². The molecule has 25 heavy (non-hydrogen) atoms. The molecule has 1 saturated heterocycles. The summed E-state index contributed by atoms with van der Waals surface area (Å²) in [6.07, 6.45) is 10.9. The van der Waals surface area contributed by atoms with E-state index in [2.05, 4.69) is 29.2 Å². The average molecular weight is 344 g/mol. The van der Waals surface area contributed by atoms with Crippen LogP contribution in [-0.2, 0) is 6.42 Å². The second-order valence-electron chi connectivity index (χ2n) is 8.62. The van der Waals surface area contributed by atoms with Gasteiger partial charge in [-0.25, -0.2) is 0 Å². The van der Waals surface area contributed by atoms with E-state index in [1.54, 1.807) is 7.11 Å². The van der Waals surface area contributed by atoms with E-state index in [0.29, 0.717) is 12.0 Å². The molecule has 1 heterocycles. The number of likely N-dealkylation sites (tertiary alicyclic amines) is 1. The molecule has 0 aromatic heterocycles. The maximum absolute atomic E-state index is 11.3. The maximum atomic E-state index is 11.3. The van der Waals surface area contributed by atoms with Gasteiger partial charge in [-0.05, 0) is 62.1 Å². The predicted octanol–water partition coefficient (Wildman–Crippen LogP) is 4.03. The summed E-state index contributed by atoms with van der Waals surface area (Å²) in [6, 6.07) is 9.05. The van der Waals surface area contributed by atoms with Crippen LogP contribution in [0.25, 0.3) is 0 Å². The molecule has 4 rings (SSSR count). The number of rotatable bonds is 5. The highest BCUT2D eigenvalue weighted by Gasteiger charge is 2.48. The lowest BCUT2D eigenvalue weighted by Crippen LogP contribution is -2.60. The van der Waals surface area contributed by atoms with Gasteiger partial charge in [0.05, 0.1) is 12.7 Å². The molecule has 1 unspecified atom stereocenters. The van der Waals surface area contributed by atoms with E-state index in [1.807, 2.05) is 0 Å². The smallest absolute Gasteiger partial charge is 0.118 e. The molecule has 0 bridgehead atoms. The number of nitrogens with zero attached hydrogens (tertiary/aromatic N) is 1. The van der Waals surface area contributed by atoms with Crippen LogP contribution in [0.5, 0.6) is 5.75 Å². The monoisotopic (exact) mass is 343 g/mol. The number of fused-ring (bicyclic) bond motifs is 1. The van der Waals surface area contributed by atoms with E-state index in [9.17, 15) is 5.11 Å². The first kappa shape index (κ1) is 17.4. The molecule has 1 aliphatic heterocycles. The van der Waals surface area contributed by atoms with Crippen molar-refractivity contribution in [2.75, 3.05) is 20.2 Å². The summed E-state index contributed by atoms with van der Waals surface area (Å²) >= 11 is 0. The first-order valence-electron chi connectivity index (χ1n) is 10.3. The molecule has 3 nitrogen and oxygen atoms in total. The fourth-order valence-electron chi connectivity index (χ4n) is 5.38. The van der Waals surface area contributed by atoms with Crippen molar-refractivity contribution >= 4 is 0 Å². The van der Waals surface area contributed by atoms with Crippen molar-refractivity contribution in [2.45, 2.75) is 69.4 Å². The zero-order valence-corrected chi connectivity index (χ0v) is 15.6. The summed E-state index contributed by atoms with van der Waals surface area (Å²) in [7, 11) is 1.72. The van der Waals surface area contributed by atoms with Crippen LogP contribution in [0.3, 0.4) is 0 Å². The molecule has 0 radical (unpaired) electrons. The van der Waals surface area contributed by atoms with Gasteiger partial charge in [-0.2, -0.15) is 0 Å². The molecule has 3 heteroatoms. The summed E-state index contributed by atoms with van der Waals surface area (Å²) in [5.74, 6) is 2.26. The van der Waals surface area contributed by atoms with Crippen molar-refractivity contribution in [3.8, 4) is 5.75 Å². The second kappa shape index (κ2) is 7.28. The number of hydrogen-bond acceptors (Lipinski definition) is 3. The van der Waals surface area contributed by atoms with Gasteiger partial charge in [0.2, 0.25) is 0 Å². The molecule has 3 fully saturated rings. The van der Waals surface area contributed by atoms with E-state index in [0.717, 1.165) is 37.5 Å². The Balaban J connectivity index is 1.54. The predicted molar refractivity (Wildman–Crippen MR) is 101 cm³/mol. The van der Waals surface area contributed by atoms with Gasteiger partial charge in [0.25, 0.3) is 0 Å². The van der Waals surface area contributed by atoms with Gasteiger partial charge in [-0.3, -0.25) is 4.90 Å². The lowest BCUT2D eigenvalue weighted by molar-refractivity contribution is -0.126. The summed E-state index contributed by atoms with van der Waals surface area (Å²) in [6.45, 7) is 2.32. The standard InChI is InChI=1S/C22H33NO2/c1-25-19-10-8-17(9-11-19)15-21-20-7-2-3-12-22(20,24)13-14-23(21)16-18-5-4-6-18/h8-11,18,20-21,24H,2-7,12-16H2,1H3/t20?,21-,22-/m0/s1. The van der Waals surface area contributed by atoms with Gasteiger partial charge in [0.15, 0.2) is 0 Å². The molecule has 3 aliphatic rings. The zero-order chi connectivity index (χ0) is 17.3. The van der Waals surface area contributed by atoms with Crippen molar-refractivity contribution in [3.05, 3.63) is 29.8 Å². The molecular weight excluding hydrogens is 310 g/mol. The van der Waals surface area contributed by atoms with Crippen molar-refractivity contribution in [3.63, 3.8) is 0 Å². The minimum Gasteiger partial charge on any atom is -0.497 e. The number of ether oxygens (including phenoxy) is 1. The van der Waals surface area contributed by atoms with Crippen LogP contribution < -0.4 is 4.74 Å². The first-order valence-corrected chi connectivity index (χ1v) is 10.3. The van der Waals surface area contributed by atoms with Crippen molar-refractivity contribution < 1.29 is 9.84 Å². The van der Waals surface area contributed by atoms with Crippen LogP contribution in [-0.4, -0.2) is 41.8 Å². The molecule has 1 aromatic rings. The van der Waals surface area contributed by atoms with Crippen LogP contribution in [0.15, 0.2) is 24.3 Å². The molecule has 1 N–H and O–H groups in total. The van der Waals surface area contributed by atoms with Crippen molar-refractivity contribution in [1.29, 1.82) is 0 Å². The Morgan fingerprint density at radius 2 is 1.88 bits per heavy atom. The Morgan fingerprint density at radius 1 is 1.08 bits per heavy atom. The van der Waals surface area contributed by atoms with E-state index in [-0.39, 0.29) is 0 Å². The normalized spacial score (nSPS) is 33.5. The van der Waals surface area contributed by atoms with Gasteiger partial charge in [0, 0.05) is 25.0 Å². The van der Waals surface area contributed by atoms with Crippen LogP contribution in [0.4, 0.5) is 0 Å².